The van der Waals surface area contributed by atoms with Crippen LogP contribution in [0, 0.1) is 5.92 Å². The number of Topliss-reactive ketones (excluding diaryl/α,β-unsaturated/α-hetero) is 1. The highest BCUT2D eigenvalue weighted by molar-refractivity contribution is 6.27. The summed E-state index contributed by atoms with van der Waals surface area (Å²) in [6, 6.07) is -1.27. The van der Waals surface area contributed by atoms with E-state index < -0.39 is 12.1 Å². The molecule has 0 aliphatic rings. The molecule has 3 N–H and O–H groups in total. The number of carbonyl (C=O) groups is 4. The molecule has 0 bridgehead atoms. The largest absolute Gasteiger partial charge is 0.355 e. The minimum atomic E-state index is -0.685. The van der Waals surface area contributed by atoms with Crippen LogP contribution >= 0.6 is 11.6 Å². The molecule has 138 valence electrons. The van der Waals surface area contributed by atoms with Crippen molar-refractivity contribution in [2.24, 2.45) is 5.92 Å². The Labute approximate surface area is 148 Å². The highest BCUT2D eigenvalue weighted by atomic mass is 35.5. The molecule has 24 heavy (non-hydrogen) atoms. The molecule has 0 spiro atoms. The van der Waals surface area contributed by atoms with Crippen molar-refractivity contribution in [2.75, 3.05) is 12.4 Å². The molecule has 7 nitrogen and oxygen atoms in total. The summed E-state index contributed by atoms with van der Waals surface area (Å²) in [6.07, 6.45) is 1.50. The average Bonchev–Trinajstić information content (AvgIpc) is 2.51. The van der Waals surface area contributed by atoms with Gasteiger partial charge in [0.05, 0.1) is 6.04 Å². The lowest BCUT2D eigenvalue weighted by Gasteiger charge is -2.23. The summed E-state index contributed by atoms with van der Waals surface area (Å²) in [5.41, 5.74) is 0. The van der Waals surface area contributed by atoms with Gasteiger partial charge in [-0.05, 0) is 32.6 Å². The van der Waals surface area contributed by atoms with E-state index in [0.29, 0.717) is 19.4 Å². The average molecular weight is 362 g/mol. The van der Waals surface area contributed by atoms with Crippen molar-refractivity contribution in [2.45, 2.75) is 59.0 Å². The molecule has 0 fully saturated rings. The van der Waals surface area contributed by atoms with Gasteiger partial charge in [0.2, 0.25) is 17.7 Å². The van der Waals surface area contributed by atoms with Gasteiger partial charge in [-0.3, -0.25) is 19.2 Å². The fourth-order valence-corrected chi connectivity index (χ4v) is 1.97. The van der Waals surface area contributed by atoms with E-state index in [9.17, 15) is 19.2 Å². The lowest BCUT2D eigenvalue weighted by atomic mass is 10.0. The molecule has 0 saturated heterocycles. The van der Waals surface area contributed by atoms with Gasteiger partial charge in [0.1, 0.15) is 11.9 Å². The molecule has 0 aromatic carbocycles. The van der Waals surface area contributed by atoms with E-state index in [2.05, 4.69) is 16.0 Å². The zero-order valence-corrected chi connectivity index (χ0v) is 15.5. The van der Waals surface area contributed by atoms with Crippen molar-refractivity contribution in [3.05, 3.63) is 0 Å². The number of unbranched alkanes of at least 4 members (excludes halogenated alkanes) is 1. The molecule has 0 rings (SSSR count). The second kappa shape index (κ2) is 11.8. The lowest BCUT2D eigenvalue weighted by molar-refractivity contribution is -0.132. The van der Waals surface area contributed by atoms with Crippen LogP contribution in [0.2, 0.25) is 0 Å². The van der Waals surface area contributed by atoms with E-state index >= 15 is 0 Å². The molecule has 0 aromatic rings. The van der Waals surface area contributed by atoms with Gasteiger partial charge in [-0.25, -0.2) is 0 Å². The Morgan fingerprint density at radius 1 is 0.958 bits per heavy atom. The molecule has 0 radical (unpaired) electrons. The van der Waals surface area contributed by atoms with Crippen molar-refractivity contribution in [3.8, 4) is 0 Å². The Hall–Kier alpha value is -1.63. The maximum Gasteiger partial charge on any atom is 0.243 e. The lowest BCUT2D eigenvalue weighted by Crippen LogP contribution is -2.52. The molecular weight excluding hydrogens is 334 g/mol. The second-order valence-electron chi connectivity index (χ2n) is 6.07. The third-order valence-electron chi connectivity index (χ3n) is 3.51. The number of carbonyl (C=O) groups excluding carboxylic acids is 4. The highest BCUT2D eigenvalue weighted by Gasteiger charge is 2.25. The van der Waals surface area contributed by atoms with Gasteiger partial charge in [-0.15, -0.1) is 11.6 Å². The number of hydrogen-bond donors (Lipinski definition) is 3. The van der Waals surface area contributed by atoms with E-state index in [-0.39, 0.29) is 41.7 Å². The number of halogens is 1. The minimum absolute atomic E-state index is 0.0790. The Morgan fingerprint density at radius 3 is 2.08 bits per heavy atom. The standard InChI is InChI=1S/C16H28ClN3O4/c1-10(2)15(16(24)19-11(3)12(4)21)20-13(22)7-5-6-8-18-14(23)9-17/h10-11,15H,5-9H2,1-4H3,(H,18,23)(H,19,24)(H,20,22)/t11-,15-/m0/s1. The number of nitrogens with one attached hydrogen (secondary N) is 3. The molecule has 0 saturated carbocycles. The predicted molar refractivity (Wildman–Crippen MR) is 92.6 cm³/mol. The quantitative estimate of drug-likeness (QED) is 0.373. The van der Waals surface area contributed by atoms with Crippen molar-refractivity contribution >= 4 is 35.1 Å². The van der Waals surface area contributed by atoms with Gasteiger partial charge in [0, 0.05) is 13.0 Å². The van der Waals surface area contributed by atoms with Gasteiger partial charge >= 0.3 is 0 Å². The van der Waals surface area contributed by atoms with E-state index in [4.69, 9.17) is 11.6 Å². The Bertz CT molecular complexity index is 455. The first kappa shape index (κ1) is 22.4. The summed E-state index contributed by atoms with van der Waals surface area (Å²) in [4.78, 5) is 46.3. The number of rotatable bonds is 11. The minimum Gasteiger partial charge on any atom is -0.355 e. The van der Waals surface area contributed by atoms with Gasteiger partial charge in [0.25, 0.3) is 0 Å². The highest BCUT2D eigenvalue weighted by Crippen LogP contribution is 2.04. The first-order chi connectivity index (χ1) is 11.2. The summed E-state index contributed by atoms with van der Waals surface area (Å²) < 4.78 is 0. The van der Waals surface area contributed by atoms with E-state index in [1.54, 1.807) is 6.92 Å². The zero-order chi connectivity index (χ0) is 18.7. The van der Waals surface area contributed by atoms with Crippen LogP contribution < -0.4 is 16.0 Å². The topological polar surface area (TPSA) is 104 Å². The first-order valence-corrected chi connectivity index (χ1v) is 8.65. The molecule has 0 aliphatic heterocycles. The van der Waals surface area contributed by atoms with Crippen LogP contribution in [-0.4, -0.2) is 48.0 Å². The molecule has 3 amide bonds. The summed E-state index contributed by atoms with van der Waals surface area (Å²) in [5, 5.41) is 7.92. The van der Waals surface area contributed by atoms with E-state index in [1.807, 2.05) is 13.8 Å². The Kier molecular flexibility index (Phi) is 11.0. The zero-order valence-electron chi connectivity index (χ0n) is 14.8. The summed E-state index contributed by atoms with van der Waals surface area (Å²) >= 11 is 5.35. The summed E-state index contributed by atoms with van der Waals surface area (Å²) in [5.74, 6) is -1.16. The summed E-state index contributed by atoms with van der Waals surface area (Å²) in [6.45, 7) is 7.11. The van der Waals surface area contributed by atoms with E-state index in [1.165, 1.54) is 6.92 Å². The van der Waals surface area contributed by atoms with Crippen LogP contribution in [0.4, 0.5) is 0 Å². The predicted octanol–water partition coefficient (Wildman–Crippen LogP) is 0.746. The smallest absolute Gasteiger partial charge is 0.243 e. The Morgan fingerprint density at radius 2 is 1.58 bits per heavy atom. The number of amides is 3. The third-order valence-corrected chi connectivity index (χ3v) is 3.75. The van der Waals surface area contributed by atoms with Crippen LogP contribution in [0.1, 0.15) is 47.0 Å². The molecule has 2 atom stereocenters. The fourth-order valence-electron chi connectivity index (χ4n) is 1.87. The second-order valence-corrected chi connectivity index (χ2v) is 6.34. The van der Waals surface area contributed by atoms with Crippen molar-refractivity contribution in [1.29, 1.82) is 0 Å². The Balaban J connectivity index is 4.26. The summed E-state index contributed by atoms with van der Waals surface area (Å²) in [7, 11) is 0. The van der Waals surface area contributed by atoms with Crippen LogP contribution in [-0.2, 0) is 19.2 Å². The monoisotopic (exact) mass is 361 g/mol. The van der Waals surface area contributed by atoms with Crippen molar-refractivity contribution in [1.82, 2.24) is 16.0 Å². The first-order valence-electron chi connectivity index (χ1n) is 8.11. The molecule has 0 aliphatic carbocycles. The third kappa shape index (κ3) is 9.50. The maximum absolute atomic E-state index is 12.2. The van der Waals surface area contributed by atoms with Crippen molar-refractivity contribution < 1.29 is 19.2 Å². The normalized spacial score (nSPS) is 13.1. The van der Waals surface area contributed by atoms with Crippen LogP contribution in [0.25, 0.3) is 0 Å². The number of ketones is 1. The van der Waals surface area contributed by atoms with Gasteiger partial charge < -0.3 is 16.0 Å². The molecule has 0 heterocycles. The van der Waals surface area contributed by atoms with Gasteiger partial charge in [-0.2, -0.15) is 0 Å². The van der Waals surface area contributed by atoms with Gasteiger partial charge in [-0.1, -0.05) is 13.8 Å². The fraction of sp³-hybridized carbons (Fsp3) is 0.750. The molecule has 8 heteroatoms. The number of hydrogen-bond acceptors (Lipinski definition) is 4. The molecular formula is C16H28ClN3O4. The number of alkyl halides is 1. The van der Waals surface area contributed by atoms with E-state index in [0.717, 1.165) is 0 Å². The van der Waals surface area contributed by atoms with Crippen LogP contribution in [0.3, 0.4) is 0 Å². The van der Waals surface area contributed by atoms with Crippen molar-refractivity contribution in [3.63, 3.8) is 0 Å². The molecule has 0 aromatic heterocycles. The van der Waals surface area contributed by atoms with Crippen LogP contribution in [0.15, 0.2) is 0 Å². The SMILES string of the molecule is CC(=O)[C@H](C)NC(=O)[C@@H](NC(=O)CCCCNC(=O)CCl)C(C)C. The van der Waals surface area contributed by atoms with Gasteiger partial charge in [0.15, 0.2) is 5.78 Å². The van der Waals surface area contributed by atoms with Crippen LogP contribution in [0.5, 0.6) is 0 Å². The maximum atomic E-state index is 12.2. The molecule has 0 unspecified atom stereocenters.